The fourth-order valence-corrected chi connectivity index (χ4v) is 4.58. The van der Waals surface area contributed by atoms with Crippen molar-refractivity contribution in [3.05, 3.63) is 0 Å². The van der Waals surface area contributed by atoms with Crippen LogP contribution in [0.5, 0.6) is 0 Å². The Hall–Kier alpha value is -0.0800. The molecule has 0 aromatic heterocycles. The Morgan fingerprint density at radius 2 is 1.17 bits per heavy atom. The molecule has 0 amide bonds. The summed E-state index contributed by atoms with van der Waals surface area (Å²) in [5.74, 6) is 1.63. The lowest BCUT2D eigenvalue weighted by molar-refractivity contribution is 0.0898. The van der Waals surface area contributed by atoms with Gasteiger partial charge in [-0.25, -0.2) is 0 Å². The molecule has 2 nitrogen and oxygen atoms in total. The van der Waals surface area contributed by atoms with E-state index in [4.69, 9.17) is 5.73 Å². The molecular formula is C16H30N2. The van der Waals surface area contributed by atoms with Gasteiger partial charge in [0.05, 0.1) is 0 Å². The van der Waals surface area contributed by atoms with Gasteiger partial charge in [0.1, 0.15) is 0 Å². The van der Waals surface area contributed by atoms with Gasteiger partial charge in [-0.05, 0) is 37.5 Å². The lowest BCUT2D eigenvalue weighted by Crippen LogP contribution is -2.52. The number of rotatable bonds is 1. The van der Waals surface area contributed by atoms with Crippen molar-refractivity contribution in [3.8, 4) is 0 Å². The second-order valence-corrected chi connectivity index (χ2v) is 6.98. The molecule has 1 heterocycles. The molecule has 104 valence electrons. The van der Waals surface area contributed by atoms with Crippen molar-refractivity contribution in [1.82, 2.24) is 4.90 Å². The molecule has 2 bridgehead atoms. The fourth-order valence-electron chi connectivity index (χ4n) is 4.58. The molecule has 3 fully saturated rings. The van der Waals surface area contributed by atoms with E-state index >= 15 is 0 Å². The third-order valence-corrected chi connectivity index (χ3v) is 5.78. The van der Waals surface area contributed by atoms with Gasteiger partial charge in [-0.1, -0.05) is 38.5 Å². The molecule has 0 radical (unpaired) electrons. The number of piperidine rings is 1. The first-order valence-corrected chi connectivity index (χ1v) is 8.34. The summed E-state index contributed by atoms with van der Waals surface area (Å²) in [6.07, 6.45) is 14.5. The van der Waals surface area contributed by atoms with Gasteiger partial charge < -0.3 is 5.73 Å². The van der Waals surface area contributed by atoms with Crippen molar-refractivity contribution in [3.63, 3.8) is 0 Å². The molecule has 2 saturated carbocycles. The first-order valence-electron chi connectivity index (χ1n) is 8.34. The van der Waals surface area contributed by atoms with Crippen LogP contribution >= 0.6 is 0 Å². The highest BCUT2D eigenvalue weighted by Crippen LogP contribution is 2.37. The van der Waals surface area contributed by atoms with E-state index in [-0.39, 0.29) is 0 Å². The summed E-state index contributed by atoms with van der Waals surface area (Å²) >= 11 is 0. The average Bonchev–Trinajstić information content (AvgIpc) is 2.64. The fraction of sp³-hybridized carbons (Fsp3) is 1.00. The summed E-state index contributed by atoms with van der Waals surface area (Å²) in [6, 6.07) is 1.41. The Morgan fingerprint density at radius 1 is 0.667 bits per heavy atom. The summed E-state index contributed by atoms with van der Waals surface area (Å²) in [5.41, 5.74) is 6.33. The number of hydrogen-bond donors (Lipinski definition) is 1. The molecule has 3 aliphatic rings. The van der Waals surface area contributed by atoms with E-state index in [1.807, 2.05) is 0 Å². The lowest BCUT2D eigenvalue weighted by atomic mass is 9.90. The van der Waals surface area contributed by atoms with Gasteiger partial charge >= 0.3 is 0 Å². The predicted molar refractivity (Wildman–Crippen MR) is 76.5 cm³/mol. The van der Waals surface area contributed by atoms with Gasteiger partial charge in [-0.2, -0.15) is 0 Å². The van der Waals surface area contributed by atoms with Gasteiger partial charge in [0.2, 0.25) is 0 Å². The van der Waals surface area contributed by atoms with E-state index in [1.165, 1.54) is 77.3 Å². The Balaban J connectivity index is 1.59. The third kappa shape index (κ3) is 2.75. The highest BCUT2D eigenvalue weighted by molar-refractivity contribution is 4.96. The molecule has 1 saturated heterocycles. The standard InChI is InChI=1S/C16H30N2/c17-16-13-9-10-14(16)12-18(11-13)15-7-5-3-1-2-4-6-8-15/h13-16H,1-12,17H2/t13-,14+,16-. The summed E-state index contributed by atoms with van der Waals surface area (Å²) in [4.78, 5) is 2.83. The van der Waals surface area contributed by atoms with E-state index in [0.29, 0.717) is 6.04 Å². The Morgan fingerprint density at radius 3 is 1.72 bits per heavy atom. The van der Waals surface area contributed by atoms with E-state index in [1.54, 1.807) is 0 Å². The van der Waals surface area contributed by atoms with Gasteiger partial charge in [-0.15, -0.1) is 0 Å². The molecule has 2 aliphatic carbocycles. The molecule has 2 N–H and O–H groups in total. The molecule has 0 spiro atoms. The minimum atomic E-state index is 0.526. The lowest BCUT2D eigenvalue weighted by Gasteiger charge is -2.41. The van der Waals surface area contributed by atoms with Crippen LogP contribution in [-0.4, -0.2) is 30.1 Å². The van der Waals surface area contributed by atoms with Crippen LogP contribution in [-0.2, 0) is 0 Å². The van der Waals surface area contributed by atoms with Crippen LogP contribution < -0.4 is 5.73 Å². The van der Waals surface area contributed by atoms with Crippen LogP contribution in [0, 0.1) is 11.8 Å². The molecule has 3 rings (SSSR count). The topological polar surface area (TPSA) is 29.3 Å². The molecule has 0 aromatic rings. The van der Waals surface area contributed by atoms with Crippen LogP contribution in [0.25, 0.3) is 0 Å². The number of hydrogen-bond acceptors (Lipinski definition) is 2. The van der Waals surface area contributed by atoms with E-state index in [9.17, 15) is 0 Å². The molecule has 2 heteroatoms. The summed E-state index contributed by atoms with van der Waals surface area (Å²) in [5, 5.41) is 0. The highest BCUT2D eigenvalue weighted by atomic mass is 15.2. The second kappa shape index (κ2) is 5.92. The SMILES string of the molecule is N[C@@H]1[C@@H]2CC[C@H]1CN(C1CCCCCCCC1)C2. The van der Waals surface area contributed by atoms with Crippen LogP contribution in [0.3, 0.4) is 0 Å². The maximum absolute atomic E-state index is 6.33. The monoisotopic (exact) mass is 250 g/mol. The molecule has 18 heavy (non-hydrogen) atoms. The van der Waals surface area contributed by atoms with Crippen LogP contribution in [0.15, 0.2) is 0 Å². The Labute approximate surface area is 112 Å². The maximum Gasteiger partial charge on any atom is 0.0120 e. The minimum absolute atomic E-state index is 0.526. The number of nitrogens with two attached hydrogens (primary N) is 1. The van der Waals surface area contributed by atoms with Crippen molar-refractivity contribution in [2.24, 2.45) is 17.6 Å². The van der Waals surface area contributed by atoms with Crippen molar-refractivity contribution in [1.29, 1.82) is 0 Å². The molecule has 0 aromatic carbocycles. The number of fused-ring (bicyclic) bond motifs is 2. The quantitative estimate of drug-likeness (QED) is 0.774. The predicted octanol–water partition coefficient (Wildman–Crippen LogP) is 3.16. The van der Waals surface area contributed by atoms with Crippen molar-refractivity contribution >= 4 is 0 Å². The van der Waals surface area contributed by atoms with Crippen LogP contribution in [0.1, 0.15) is 64.2 Å². The van der Waals surface area contributed by atoms with Crippen molar-refractivity contribution < 1.29 is 0 Å². The molecule has 0 unspecified atom stereocenters. The van der Waals surface area contributed by atoms with Crippen LogP contribution in [0.2, 0.25) is 0 Å². The molecule has 1 aliphatic heterocycles. The normalized spacial score (nSPS) is 40.2. The highest BCUT2D eigenvalue weighted by Gasteiger charge is 2.41. The summed E-state index contributed by atoms with van der Waals surface area (Å²) in [7, 11) is 0. The zero-order valence-corrected chi connectivity index (χ0v) is 11.8. The van der Waals surface area contributed by atoms with Gasteiger partial charge in [0.25, 0.3) is 0 Å². The maximum atomic E-state index is 6.33. The summed E-state index contributed by atoms with van der Waals surface area (Å²) in [6.45, 7) is 2.62. The Bertz CT molecular complexity index is 242. The largest absolute Gasteiger partial charge is 0.327 e. The van der Waals surface area contributed by atoms with Crippen molar-refractivity contribution in [2.45, 2.75) is 76.3 Å². The minimum Gasteiger partial charge on any atom is -0.327 e. The number of likely N-dealkylation sites (tertiary alicyclic amines) is 1. The van der Waals surface area contributed by atoms with Gasteiger partial charge in [0.15, 0.2) is 0 Å². The zero-order valence-electron chi connectivity index (χ0n) is 11.8. The molecular weight excluding hydrogens is 220 g/mol. The van der Waals surface area contributed by atoms with Crippen LogP contribution in [0.4, 0.5) is 0 Å². The summed E-state index contributed by atoms with van der Waals surface area (Å²) < 4.78 is 0. The average molecular weight is 250 g/mol. The second-order valence-electron chi connectivity index (χ2n) is 6.98. The van der Waals surface area contributed by atoms with E-state index < -0.39 is 0 Å². The van der Waals surface area contributed by atoms with E-state index in [2.05, 4.69) is 4.90 Å². The van der Waals surface area contributed by atoms with Crippen molar-refractivity contribution in [2.75, 3.05) is 13.1 Å². The van der Waals surface area contributed by atoms with Gasteiger partial charge in [0, 0.05) is 25.2 Å². The first kappa shape index (κ1) is 12.9. The third-order valence-electron chi connectivity index (χ3n) is 5.78. The zero-order chi connectivity index (χ0) is 12.4. The van der Waals surface area contributed by atoms with Gasteiger partial charge in [-0.3, -0.25) is 4.90 Å². The first-order chi connectivity index (χ1) is 8.84. The smallest absolute Gasteiger partial charge is 0.0120 e. The number of nitrogens with zero attached hydrogens (tertiary/aromatic N) is 1. The Kier molecular flexibility index (Phi) is 4.25. The van der Waals surface area contributed by atoms with E-state index in [0.717, 1.165) is 17.9 Å². The molecule has 3 atom stereocenters.